The van der Waals surface area contributed by atoms with Crippen molar-refractivity contribution < 1.29 is 28.4 Å². The van der Waals surface area contributed by atoms with Crippen LogP contribution in [-0.4, -0.2) is 108 Å². The van der Waals surface area contributed by atoms with Gasteiger partial charge < -0.3 is 28.4 Å². The van der Waals surface area contributed by atoms with Gasteiger partial charge in [0, 0.05) is 72.5 Å². The van der Waals surface area contributed by atoms with Gasteiger partial charge in [-0.05, 0) is 200 Å². The van der Waals surface area contributed by atoms with E-state index in [2.05, 4.69) is 125 Å². The smallest absolute Gasteiger partial charge is 0.119 e. The Morgan fingerprint density at radius 1 is 0.444 bits per heavy atom. The Hall–Kier alpha value is -6.51. The van der Waals surface area contributed by atoms with Gasteiger partial charge in [-0.25, -0.2) is 0 Å². The molecule has 16 rings (SSSR count). The largest absolute Gasteiger partial charge is 0.497 e. The van der Waals surface area contributed by atoms with Gasteiger partial charge in [0.15, 0.2) is 0 Å². The lowest BCUT2D eigenvalue weighted by Crippen LogP contribution is -2.55. The maximum atomic E-state index is 7.51. The van der Waals surface area contributed by atoms with E-state index in [0.717, 1.165) is 142 Å². The van der Waals surface area contributed by atoms with Crippen molar-refractivity contribution in [3.8, 4) is 17.2 Å². The Kier molecular flexibility index (Phi) is 15.5. The maximum absolute atomic E-state index is 7.51. The van der Waals surface area contributed by atoms with E-state index in [4.69, 9.17) is 43.4 Å². The van der Waals surface area contributed by atoms with Crippen molar-refractivity contribution in [3.63, 3.8) is 0 Å². The molecule has 3 unspecified atom stereocenters. The molecule has 4 aromatic carbocycles. The summed E-state index contributed by atoms with van der Waals surface area (Å²) in [6, 6.07) is 32.5. The number of piperidine rings is 9. The fourth-order valence-corrected chi connectivity index (χ4v) is 15.5. The van der Waals surface area contributed by atoms with Gasteiger partial charge in [-0.3, -0.25) is 29.7 Å². The topological polar surface area (TPSA) is 104 Å². The number of hydrogen-bond acceptors (Lipinski definition) is 12. The summed E-state index contributed by atoms with van der Waals surface area (Å²) in [5, 5.41) is 3.16. The molecule has 0 saturated carbocycles. The molecule has 9 aliphatic heterocycles. The highest BCUT2D eigenvalue weighted by Gasteiger charge is 2.46. The van der Waals surface area contributed by atoms with Gasteiger partial charge in [-0.15, -0.1) is 19.7 Å². The van der Waals surface area contributed by atoms with E-state index in [9.17, 15) is 0 Å². The van der Waals surface area contributed by atoms with Crippen LogP contribution in [0.3, 0.4) is 0 Å². The second-order valence-corrected chi connectivity index (χ2v) is 23.9. The molecule has 9 aliphatic rings. The van der Waals surface area contributed by atoms with Gasteiger partial charge in [-0.1, -0.05) is 36.4 Å². The molecule has 15 atom stereocenters. The highest BCUT2D eigenvalue weighted by atomic mass is 16.5. The third kappa shape index (κ3) is 10.6. The summed E-state index contributed by atoms with van der Waals surface area (Å²) in [6.07, 6.45) is 18.3. The highest BCUT2D eigenvalue weighted by Crippen LogP contribution is 2.48. The summed E-state index contributed by atoms with van der Waals surface area (Å²) in [4.78, 5) is 22.5. The Balaban J connectivity index is 0.884. The standard InChI is InChI=1S/C69H78N6O6/c1-7-46-37-73-25-19-49(46)31-64(73)67(55-16-22-70-61-13-10-52(76-4)34-58(55)61)79-40-43-28-44(41-80-68(65-32-50-20-26-74(65)38-47(50)8-2)56-17-23-71-62-14-11-53(77-5)35-59(56)62)30-45(29-43)42-81-69(66-33-51-21-27-75(66)39-48(51)9-3)57-18-24-72-63-15-12-54(78-6)36-60(57)63/h7-18,22-24,28-30,34-36,46-51,64-69H,1-3,19-21,25-27,31-33,37-42H2,4-6H3/t46-,47-,48-,49-,50-,51-,64+,65+,66+,67-,68-,69-/m0/s1. The number of ether oxygens (including phenoxy) is 6. The Bertz CT molecular complexity index is 3080. The SMILES string of the molecule is C=C[C@H]1CN2CC[C@H]1C[C@@H]2[C@@H](OCc1cc(CO[C@@H](c2ccnc3ccc(OC)cc23)[C@H]2C[C@@H]3CCN2C[C@@H]3C=C)cc(CO[C@@H](c2ccnc3ccc(OC)cc23)[C@H]2C[C@@H]3CCN2C[C@@H]3C=C)c1)c1ccnc2ccc(OC)cc12. The molecule has 6 bridgehead atoms. The maximum Gasteiger partial charge on any atom is 0.119 e. The van der Waals surface area contributed by atoms with Gasteiger partial charge in [0.2, 0.25) is 0 Å². The number of benzene rings is 4. The Labute approximate surface area is 477 Å². The average Bonchev–Trinajstić information content (AvgIpc) is 3.58. The lowest BCUT2D eigenvalue weighted by Gasteiger charge is -2.51. The zero-order valence-corrected chi connectivity index (χ0v) is 47.4. The molecule has 0 spiro atoms. The molecule has 0 N–H and O–H groups in total. The van der Waals surface area contributed by atoms with Crippen LogP contribution in [0.2, 0.25) is 0 Å². The van der Waals surface area contributed by atoms with E-state index in [1.54, 1.807) is 21.3 Å². The number of fused-ring (bicyclic) bond motifs is 12. The molecular weight excluding hydrogens is 1010 g/mol. The Morgan fingerprint density at radius 2 is 0.753 bits per heavy atom. The molecule has 0 aliphatic carbocycles. The number of hydrogen-bond donors (Lipinski definition) is 0. The molecule has 12 nitrogen and oxygen atoms in total. The van der Waals surface area contributed by atoms with Crippen LogP contribution in [0.25, 0.3) is 32.7 Å². The zero-order chi connectivity index (χ0) is 55.1. The van der Waals surface area contributed by atoms with Gasteiger partial charge in [-0.2, -0.15) is 0 Å². The fraction of sp³-hybridized carbons (Fsp3) is 0.435. The van der Waals surface area contributed by atoms with E-state index in [1.807, 2.05) is 36.8 Å². The van der Waals surface area contributed by atoms with Gasteiger partial charge >= 0.3 is 0 Å². The number of methoxy groups -OCH3 is 3. The third-order valence-corrected chi connectivity index (χ3v) is 19.8. The predicted octanol–water partition coefficient (Wildman–Crippen LogP) is 12.8. The molecule has 7 aromatic rings. The number of nitrogens with zero attached hydrogens (tertiary/aromatic N) is 6. The van der Waals surface area contributed by atoms with E-state index in [0.29, 0.717) is 55.3 Å². The lowest BCUT2D eigenvalue weighted by atomic mass is 9.73. The molecule has 0 radical (unpaired) electrons. The normalized spacial score (nSPS) is 28.6. The second kappa shape index (κ2) is 23.4. The minimum atomic E-state index is -0.233. The van der Waals surface area contributed by atoms with Crippen LogP contribution in [0.1, 0.15) is 90.2 Å². The van der Waals surface area contributed by atoms with Gasteiger partial charge in [0.1, 0.15) is 17.2 Å². The minimum Gasteiger partial charge on any atom is -0.497 e. The van der Waals surface area contributed by atoms with E-state index >= 15 is 0 Å². The fourth-order valence-electron chi connectivity index (χ4n) is 15.5. The molecule has 9 saturated heterocycles. The van der Waals surface area contributed by atoms with Crippen molar-refractivity contribution >= 4 is 32.7 Å². The first-order chi connectivity index (χ1) is 39.8. The first-order valence-electron chi connectivity index (χ1n) is 29.6. The lowest BCUT2D eigenvalue weighted by molar-refractivity contribution is -0.0823. The molecule has 3 aromatic heterocycles. The van der Waals surface area contributed by atoms with Crippen molar-refractivity contribution in [1.82, 2.24) is 29.7 Å². The van der Waals surface area contributed by atoms with Crippen molar-refractivity contribution in [1.29, 1.82) is 0 Å². The van der Waals surface area contributed by atoms with E-state index in [1.165, 1.54) is 19.3 Å². The summed E-state index contributed by atoms with van der Waals surface area (Å²) in [7, 11) is 5.18. The third-order valence-electron chi connectivity index (χ3n) is 19.8. The average molecular weight is 1090 g/mol. The van der Waals surface area contributed by atoms with Crippen molar-refractivity contribution in [2.45, 2.75) is 94.8 Å². The number of aromatic nitrogens is 3. The minimum absolute atomic E-state index is 0.179. The first-order valence-corrected chi connectivity index (χ1v) is 29.6. The molecular formula is C69H78N6O6. The molecule has 420 valence electrons. The molecule has 12 heterocycles. The van der Waals surface area contributed by atoms with Crippen LogP contribution >= 0.6 is 0 Å². The van der Waals surface area contributed by atoms with Gasteiger partial charge in [0.25, 0.3) is 0 Å². The van der Waals surface area contributed by atoms with Crippen LogP contribution in [0.15, 0.2) is 148 Å². The van der Waals surface area contributed by atoms with Crippen LogP contribution < -0.4 is 14.2 Å². The molecule has 0 amide bonds. The number of pyridine rings is 3. The highest BCUT2D eigenvalue weighted by molar-refractivity contribution is 5.85. The summed E-state index contributed by atoms with van der Waals surface area (Å²) in [5.41, 5.74) is 9.40. The molecule has 9 fully saturated rings. The van der Waals surface area contributed by atoms with Crippen LogP contribution in [0.5, 0.6) is 17.2 Å². The Morgan fingerprint density at radius 3 is 1.01 bits per heavy atom. The quantitative estimate of drug-likeness (QED) is 0.0640. The van der Waals surface area contributed by atoms with Crippen LogP contribution in [0.4, 0.5) is 0 Å². The monoisotopic (exact) mass is 1090 g/mol. The van der Waals surface area contributed by atoms with E-state index in [-0.39, 0.29) is 36.4 Å². The van der Waals surface area contributed by atoms with Crippen LogP contribution in [0, 0.1) is 35.5 Å². The van der Waals surface area contributed by atoms with Crippen LogP contribution in [-0.2, 0) is 34.0 Å². The summed E-state index contributed by atoms with van der Waals surface area (Å²) in [5.74, 6) is 5.52. The summed E-state index contributed by atoms with van der Waals surface area (Å²) >= 11 is 0. The van der Waals surface area contributed by atoms with Crippen molar-refractivity contribution in [2.75, 3.05) is 60.6 Å². The molecule has 81 heavy (non-hydrogen) atoms. The van der Waals surface area contributed by atoms with E-state index < -0.39 is 0 Å². The predicted molar refractivity (Wildman–Crippen MR) is 319 cm³/mol. The zero-order valence-electron chi connectivity index (χ0n) is 47.4. The second-order valence-electron chi connectivity index (χ2n) is 23.9. The number of rotatable bonds is 21. The van der Waals surface area contributed by atoms with Crippen molar-refractivity contribution in [2.24, 2.45) is 35.5 Å². The summed E-state index contributed by atoms with van der Waals surface area (Å²) in [6.45, 7) is 20.1. The first kappa shape index (κ1) is 53.8. The summed E-state index contributed by atoms with van der Waals surface area (Å²) < 4.78 is 40.0. The van der Waals surface area contributed by atoms with Gasteiger partial charge in [0.05, 0.1) is 76.0 Å². The van der Waals surface area contributed by atoms with Crippen molar-refractivity contribution in [3.05, 3.63) is 181 Å². The molecule has 12 heteroatoms.